The summed E-state index contributed by atoms with van der Waals surface area (Å²) in [6, 6.07) is 1.07. The van der Waals surface area contributed by atoms with Crippen molar-refractivity contribution in [2.45, 2.75) is 19.6 Å². The molecule has 98 valence electrons. The Hall–Kier alpha value is -2.22. The Kier molecular flexibility index (Phi) is 5.00. The van der Waals surface area contributed by atoms with Gasteiger partial charge in [0.2, 0.25) is 0 Å². The minimum Gasteiger partial charge on any atom is -0.479 e. The number of carboxylic acid groups (broad SMARTS) is 1. The van der Waals surface area contributed by atoms with Crippen molar-refractivity contribution in [2.24, 2.45) is 0 Å². The van der Waals surface area contributed by atoms with Gasteiger partial charge in [0.1, 0.15) is 5.82 Å². The highest BCUT2D eigenvalue weighted by Crippen LogP contribution is 1.93. The van der Waals surface area contributed by atoms with E-state index in [9.17, 15) is 9.59 Å². The fraction of sp³-hybridized carbons (Fsp3) is 0.400. The Morgan fingerprint density at radius 2 is 2.17 bits per heavy atom. The number of carboxylic acids is 1. The first-order chi connectivity index (χ1) is 8.49. The lowest BCUT2D eigenvalue weighted by molar-refractivity contribution is -0.146. The molecule has 18 heavy (non-hydrogen) atoms. The van der Waals surface area contributed by atoms with E-state index in [0.717, 1.165) is 0 Å². The number of aliphatic hydroxyl groups is 1. The number of nitrogens with one attached hydrogen (secondary N) is 2. The van der Waals surface area contributed by atoms with E-state index in [0.29, 0.717) is 11.5 Å². The Morgan fingerprint density at radius 3 is 2.78 bits per heavy atom. The number of aliphatic hydroxyl groups excluding tert-OH is 1. The highest BCUT2D eigenvalue weighted by atomic mass is 16.4. The SMILES string of the molecule is Cc1nccc(CNC(=O)NC[C@H](O)C(=O)O)n1. The third-order valence-corrected chi connectivity index (χ3v) is 2.00. The van der Waals surface area contributed by atoms with Crippen LogP contribution >= 0.6 is 0 Å². The lowest BCUT2D eigenvalue weighted by Gasteiger charge is -2.09. The molecular formula is C10H14N4O4. The summed E-state index contributed by atoms with van der Waals surface area (Å²) in [5, 5.41) is 22.0. The topological polar surface area (TPSA) is 124 Å². The average Bonchev–Trinajstić information content (AvgIpc) is 2.33. The standard InChI is InChI=1S/C10H14N4O4/c1-6-11-3-2-7(14-6)4-12-10(18)13-5-8(15)9(16)17/h2-3,8,15H,4-5H2,1H3,(H,16,17)(H2,12,13,18)/t8-/m0/s1. The Bertz CT molecular complexity index is 438. The molecule has 0 spiro atoms. The molecule has 0 aliphatic heterocycles. The minimum atomic E-state index is -1.61. The molecule has 1 atom stereocenters. The molecule has 1 aromatic heterocycles. The molecule has 1 aromatic rings. The van der Waals surface area contributed by atoms with Crippen LogP contribution in [0.5, 0.6) is 0 Å². The summed E-state index contributed by atoms with van der Waals surface area (Å²) in [4.78, 5) is 29.5. The van der Waals surface area contributed by atoms with Crippen LogP contribution in [-0.2, 0) is 11.3 Å². The monoisotopic (exact) mass is 254 g/mol. The van der Waals surface area contributed by atoms with Crippen LogP contribution in [0.3, 0.4) is 0 Å². The first kappa shape index (κ1) is 13.8. The van der Waals surface area contributed by atoms with Crippen LogP contribution in [0.4, 0.5) is 4.79 Å². The molecule has 1 rings (SSSR count). The molecule has 8 heteroatoms. The Balaban J connectivity index is 2.31. The maximum atomic E-state index is 11.3. The molecule has 0 aromatic carbocycles. The second-order valence-electron chi connectivity index (χ2n) is 3.51. The third kappa shape index (κ3) is 4.74. The quantitative estimate of drug-likeness (QED) is 0.536. The van der Waals surface area contributed by atoms with E-state index >= 15 is 0 Å². The van der Waals surface area contributed by atoms with Crippen LogP contribution in [0, 0.1) is 6.92 Å². The molecule has 0 saturated carbocycles. The molecular weight excluding hydrogens is 240 g/mol. The molecule has 0 aliphatic rings. The van der Waals surface area contributed by atoms with Gasteiger partial charge in [-0.2, -0.15) is 0 Å². The number of carbonyl (C=O) groups excluding carboxylic acids is 1. The number of carbonyl (C=O) groups is 2. The first-order valence-corrected chi connectivity index (χ1v) is 5.20. The summed E-state index contributed by atoms with van der Waals surface area (Å²) in [6.45, 7) is 1.56. The smallest absolute Gasteiger partial charge is 0.334 e. The molecule has 8 nitrogen and oxygen atoms in total. The molecule has 0 radical (unpaired) electrons. The van der Waals surface area contributed by atoms with Gasteiger partial charge in [0, 0.05) is 6.20 Å². The number of aryl methyl sites for hydroxylation is 1. The average molecular weight is 254 g/mol. The van der Waals surface area contributed by atoms with Gasteiger partial charge in [0.05, 0.1) is 18.8 Å². The highest BCUT2D eigenvalue weighted by Gasteiger charge is 2.13. The van der Waals surface area contributed by atoms with E-state index in [4.69, 9.17) is 10.2 Å². The van der Waals surface area contributed by atoms with E-state index in [1.807, 2.05) is 0 Å². The van der Waals surface area contributed by atoms with Crippen LogP contribution in [-0.4, -0.2) is 44.8 Å². The van der Waals surface area contributed by atoms with Gasteiger partial charge < -0.3 is 20.8 Å². The largest absolute Gasteiger partial charge is 0.479 e. The summed E-state index contributed by atoms with van der Waals surface area (Å²) in [5.74, 6) is -0.794. The molecule has 0 saturated heterocycles. The van der Waals surface area contributed by atoms with Gasteiger partial charge in [-0.15, -0.1) is 0 Å². The van der Waals surface area contributed by atoms with Crippen LogP contribution in [0.25, 0.3) is 0 Å². The number of rotatable bonds is 5. The van der Waals surface area contributed by atoms with E-state index in [1.165, 1.54) is 0 Å². The maximum absolute atomic E-state index is 11.3. The summed E-state index contributed by atoms with van der Waals surface area (Å²) in [6.07, 6.45) is -0.0390. The lowest BCUT2D eigenvalue weighted by atomic mass is 10.3. The molecule has 0 bridgehead atoms. The number of hydrogen-bond donors (Lipinski definition) is 4. The van der Waals surface area contributed by atoms with E-state index in [2.05, 4.69) is 20.6 Å². The highest BCUT2D eigenvalue weighted by molar-refractivity contribution is 5.76. The van der Waals surface area contributed by atoms with Crippen molar-refractivity contribution in [1.29, 1.82) is 0 Å². The molecule has 1 heterocycles. The molecule has 0 fully saturated rings. The maximum Gasteiger partial charge on any atom is 0.334 e. The second kappa shape index (κ2) is 6.50. The van der Waals surface area contributed by atoms with Crippen LogP contribution in [0.15, 0.2) is 12.3 Å². The zero-order valence-corrected chi connectivity index (χ0v) is 9.75. The van der Waals surface area contributed by atoms with Gasteiger partial charge in [-0.1, -0.05) is 0 Å². The normalized spacial score (nSPS) is 11.7. The van der Waals surface area contributed by atoms with Crippen molar-refractivity contribution in [1.82, 2.24) is 20.6 Å². The summed E-state index contributed by atoms with van der Waals surface area (Å²) in [5.41, 5.74) is 0.636. The van der Waals surface area contributed by atoms with Crippen molar-refractivity contribution in [2.75, 3.05) is 6.54 Å². The Labute approximate surface area is 103 Å². The van der Waals surface area contributed by atoms with Crippen molar-refractivity contribution >= 4 is 12.0 Å². The van der Waals surface area contributed by atoms with Gasteiger partial charge in [-0.05, 0) is 13.0 Å². The number of aliphatic carboxylic acids is 1. The summed E-state index contributed by atoms with van der Waals surface area (Å²) in [7, 11) is 0. The zero-order valence-electron chi connectivity index (χ0n) is 9.75. The van der Waals surface area contributed by atoms with E-state index in [1.54, 1.807) is 19.2 Å². The fourth-order valence-corrected chi connectivity index (χ4v) is 1.11. The number of nitrogens with zero attached hydrogens (tertiary/aromatic N) is 2. The van der Waals surface area contributed by atoms with Gasteiger partial charge >= 0.3 is 12.0 Å². The minimum absolute atomic E-state index is 0.193. The third-order valence-electron chi connectivity index (χ3n) is 2.00. The molecule has 2 amide bonds. The van der Waals surface area contributed by atoms with Crippen molar-refractivity contribution in [3.8, 4) is 0 Å². The van der Waals surface area contributed by atoms with Gasteiger partial charge in [-0.3, -0.25) is 0 Å². The first-order valence-electron chi connectivity index (χ1n) is 5.20. The number of aromatic nitrogens is 2. The van der Waals surface area contributed by atoms with Crippen LogP contribution < -0.4 is 10.6 Å². The summed E-state index contributed by atoms with van der Waals surface area (Å²) < 4.78 is 0. The molecule has 0 unspecified atom stereocenters. The van der Waals surface area contributed by atoms with E-state index in [-0.39, 0.29) is 13.1 Å². The number of amides is 2. The number of urea groups is 1. The zero-order chi connectivity index (χ0) is 13.5. The Morgan fingerprint density at radius 1 is 1.44 bits per heavy atom. The molecule has 0 aliphatic carbocycles. The van der Waals surface area contributed by atoms with Crippen molar-refractivity contribution in [3.05, 3.63) is 23.8 Å². The lowest BCUT2D eigenvalue weighted by Crippen LogP contribution is -2.41. The fourth-order valence-electron chi connectivity index (χ4n) is 1.11. The van der Waals surface area contributed by atoms with Gasteiger partial charge in [-0.25, -0.2) is 19.6 Å². The van der Waals surface area contributed by atoms with Gasteiger partial charge in [0.25, 0.3) is 0 Å². The summed E-state index contributed by atoms with van der Waals surface area (Å²) >= 11 is 0. The van der Waals surface area contributed by atoms with Gasteiger partial charge in [0.15, 0.2) is 6.10 Å². The van der Waals surface area contributed by atoms with Crippen molar-refractivity contribution in [3.63, 3.8) is 0 Å². The predicted octanol–water partition coefficient (Wildman–Crippen LogP) is -0.970. The van der Waals surface area contributed by atoms with Crippen LogP contribution in [0.2, 0.25) is 0 Å². The number of hydrogen-bond acceptors (Lipinski definition) is 5. The predicted molar refractivity (Wildman–Crippen MR) is 60.7 cm³/mol. The van der Waals surface area contributed by atoms with Crippen molar-refractivity contribution < 1.29 is 19.8 Å². The van der Waals surface area contributed by atoms with E-state index < -0.39 is 18.1 Å². The molecule has 4 N–H and O–H groups in total. The second-order valence-corrected chi connectivity index (χ2v) is 3.51. The van der Waals surface area contributed by atoms with Crippen LogP contribution in [0.1, 0.15) is 11.5 Å².